The Labute approximate surface area is 219 Å². The van der Waals surface area contributed by atoms with Crippen molar-refractivity contribution in [2.24, 2.45) is 0 Å². The normalized spacial score (nSPS) is 12.0. The average molecular weight is 536 g/mol. The van der Waals surface area contributed by atoms with Gasteiger partial charge < -0.3 is 15.0 Å². The highest BCUT2D eigenvalue weighted by molar-refractivity contribution is 7.92. The number of sulfonamides is 1. The van der Waals surface area contributed by atoms with E-state index < -0.39 is 21.9 Å². The Morgan fingerprint density at radius 3 is 2.43 bits per heavy atom. The number of amides is 2. The predicted molar refractivity (Wildman–Crippen MR) is 143 cm³/mol. The molecule has 10 heteroatoms. The molecule has 2 aromatic rings. The first-order chi connectivity index (χ1) is 17.6. The number of methoxy groups -OCH3 is 1. The van der Waals surface area contributed by atoms with Gasteiger partial charge in [0.05, 0.1) is 19.1 Å². The highest BCUT2D eigenvalue weighted by atomic mass is 32.2. The molecule has 0 saturated heterocycles. The minimum Gasteiger partial charge on any atom is -0.497 e. The van der Waals surface area contributed by atoms with Crippen LogP contribution in [0, 0.1) is 5.82 Å². The quantitative estimate of drug-likeness (QED) is 0.347. The molecule has 0 saturated carbocycles. The standard InChI is InChI=1S/C27H38FN3O5S/c1-5-7-17-29-27(33)24(6-2)30(20-21-12-10-13-22(19-21)36-3)26(32)16-11-18-31(37(4,34)35)25-15-9-8-14-23(25)28/h8-10,12-15,19,24H,5-7,11,16-18,20H2,1-4H3,(H,29,33)/t24-/m0/s1. The summed E-state index contributed by atoms with van der Waals surface area (Å²) in [6, 6.07) is 12.2. The van der Waals surface area contributed by atoms with E-state index in [-0.39, 0.29) is 43.4 Å². The van der Waals surface area contributed by atoms with Gasteiger partial charge >= 0.3 is 0 Å². The van der Waals surface area contributed by atoms with Crippen molar-refractivity contribution in [3.63, 3.8) is 0 Å². The van der Waals surface area contributed by atoms with Crippen molar-refractivity contribution in [2.45, 2.75) is 58.5 Å². The van der Waals surface area contributed by atoms with E-state index >= 15 is 0 Å². The van der Waals surface area contributed by atoms with Gasteiger partial charge in [-0.1, -0.05) is 44.5 Å². The lowest BCUT2D eigenvalue weighted by atomic mass is 10.1. The highest BCUT2D eigenvalue weighted by Gasteiger charge is 2.29. The van der Waals surface area contributed by atoms with Crippen molar-refractivity contribution in [3.05, 3.63) is 59.9 Å². The Hall–Kier alpha value is -3.14. The molecule has 0 aliphatic heterocycles. The zero-order chi connectivity index (χ0) is 27.4. The Morgan fingerprint density at radius 1 is 1.08 bits per heavy atom. The van der Waals surface area contributed by atoms with E-state index in [0.717, 1.165) is 29.0 Å². The summed E-state index contributed by atoms with van der Waals surface area (Å²) in [6.07, 6.45) is 3.33. The third kappa shape index (κ3) is 9.03. The molecule has 0 heterocycles. The zero-order valence-corrected chi connectivity index (χ0v) is 22.9. The van der Waals surface area contributed by atoms with Gasteiger partial charge in [0.25, 0.3) is 0 Å². The van der Waals surface area contributed by atoms with Crippen molar-refractivity contribution in [3.8, 4) is 5.75 Å². The van der Waals surface area contributed by atoms with E-state index in [1.54, 1.807) is 19.2 Å². The van der Waals surface area contributed by atoms with Crippen LogP contribution in [-0.2, 0) is 26.2 Å². The van der Waals surface area contributed by atoms with Crippen molar-refractivity contribution in [1.29, 1.82) is 0 Å². The van der Waals surface area contributed by atoms with Crippen LogP contribution in [0.3, 0.4) is 0 Å². The lowest BCUT2D eigenvalue weighted by molar-refractivity contribution is -0.141. The summed E-state index contributed by atoms with van der Waals surface area (Å²) in [5.41, 5.74) is 0.740. The van der Waals surface area contributed by atoms with Crippen LogP contribution in [0.1, 0.15) is 51.5 Å². The minimum atomic E-state index is -3.77. The summed E-state index contributed by atoms with van der Waals surface area (Å²) in [5.74, 6) is -0.536. The van der Waals surface area contributed by atoms with Crippen molar-refractivity contribution in [2.75, 3.05) is 30.8 Å². The number of benzene rings is 2. The number of carbonyl (C=O) groups excluding carboxylic acids is 2. The largest absolute Gasteiger partial charge is 0.497 e. The minimum absolute atomic E-state index is 0.0107. The Bertz CT molecular complexity index is 1140. The fourth-order valence-electron chi connectivity index (χ4n) is 4.03. The number of nitrogens with one attached hydrogen (secondary N) is 1. The first kappa shape index (κ1) is 30.1. The third-order valence-electron chi connectivity index (χ3n) is 5.98. The summed E-state index contributed by atoms with van der Waals surface area (Å²) in [7, 11) is -2.22. The molecule has 0 bridgehead atoms. The Balaban J connectivity index is 2.23. The van der Waals surface area contributed by atoms with Crippen LogP contribution in [0.15, 0.2) is 48.5 Å². The molecule has 0 aliphatic rings. The molecule has 1 atom stereocenters. The number of halogens is 1. The van der Waals surface area contributed by atoms with E-state index in [1.165, 1.54) is 23.1 Å². The molecule has 0 unspecified atom stereocenters. The second kappa shape index (κ2) is 14.6. The van der Waals surface area contributed by atoms with Crippen LogP contribution >= 0.6 is 0 Å². The second-order valence-electron chi connectivity index (χ2n) is 8.83. The molecule has 1 N–H and O–H groups in total. The maximum atomic E-state index is 14.3. The van der Waals surface area contributed by atoms with E-state index in [4.69, 9.17) is 4.74 Å². The van der Waals surface area contributed by atoms with Gasteiger partial charge in [0.2, 0.25) is 21.8 Å². The second-order valence-corrected chi connectivity index (χ2v) is 10.7. The van der Waals surface area contributed by atoms with Crippen LogP contribution in [-0.4, -0.2) is 57.6 Å². The maximum Gasteiger partial charge on any atom is 0.242 e. The average Bonchev–Trinajstić information content (AvgIpc) is 2.86. The van der Waals surface area contributed by atoms with Gasteiger partial charge in [-0.25, -0.2) is 12.8 Å². The van der Waals surface area contributed by atoms with Crippen LogP contribution in [0.5, 0.6) is 5.75 Å². The van der Waals surface area contributed by atoms with Crippen LogP contribution in [0.25, 0.3) is 0 Å². The van der Waals surface area contributed by atoms with Gasteiger partial charge in [-0.2, -0.15) is 0 Å². The smallest absolute Gasteiger partial charge is 0.242 e. The molecular formula is C27H38FN3O5S. The predicted octanol–water partition coefficient (Wildman–Crippen LogP) is 4.10. The molecule has 0 aromatic heterocycles. The number of unbranched alkanes of at least 4 members (excludes halogenated alkanes) is 1. The Kier molecular flexibility index (Phi) is 11.8. The fraction of sp³-hybridized carbons (Fsp3) is 0.481. The van der Waals surface area contributed by atoms with Crippen molar-refractivity contribution >= 4 is 27.5 Å². The number of para-hydroxylation sites is 1. The van der Waals surface area contributed by atoms with Gasteiger partial charge in [-0.05, 0) is 49.1 Å². The zero-order valence-electron chi connectivity index (χ0n) is 22.1. The van der Waals surface area contributed by atoms with Gasteiger partial charge in [0, 0.05) is 26.1 Å². The first-order valence-corrected chi connectivity index (χ1v) is 14.4. The van der Waals surface area contributed by atoms with Crippen molar-refractivity contribution in [1.82, 2.24) is 10.2 Å². The monoisotopic (exact) mass is 535 g/mol. The summed E-state index contributed by atoms with van der Waals surface area (Å²) in [6.45, 7) is 4.53. The summed E-state index contributed by atoms with van der Waals surface area (Å²) in [4.78, 5) is 28.0. The van der Waals surface area contributed by atoms with E-state index in [2.05, 4.69) is 5.32 Å². The number of rotatable bonds is 15. The number of anilines is 1. The first-order valence-electron chi connectivity index (χ1n) is 12.5. The lowest BCUT2D eigenvalue weighted by Crippen LogP contribution is -2.49. The van der Waals surface area contributed by atoms with Crippen molar-refractivity contribution < 1.29 is 27.1 Å². The van der Waals surface area contributed by atoms with E-state index in [1.807, 2.05) is 32.0 Å². The van der Waals surface area contributed by atoms with Gasteiger partial charge in [0.1, 0.15) is 17.6 Å². The number of hydrogen-bond donors (Lipinski definition) is 1. The molecule has 0 fully saturated rings. The molecule has 0 aliphatic carbocycles. The van der Waals surface area contributed by atoms with E-state index in [0.29, 0.717) is 18.7 Å². The summed E-state index contributed by atoms with van der Waals surface area (Å²) in [5, 5.41) is 2.91. The lowest BCUT2D eigenvalue weighted by Gasteiger charge is -2.31. The van der Waals surface area contributed by atoms with E-state index in [9.17, 15) is 22.4 Å². The molecule has 2 aromatic carbocycles. The molecule has 2 amide bonds. The molecule has 37 heavy (non-hydrogen) atoms. The highest BCUT2D eigenvalue weighted by Crippen LogP contribution is 2.23. The summed E-state index contributed by atoms with van der Waals surface area (Å²) >= 11 is 0. The van der Waals surface area contributed by atoms with Gasteiger partial charge in [-0.3, -0.25) is 13.9 Å². The SMILES string of the molecule is CCCCNC(=O)[C@H](CC)N(Cc1cccc(OC)c1)C(=O)CCCN(c1ccccc1F)S(C)(=O)=O. The molecular weight excluding hydrogens is 497 g/mol. The molecule has 2 rings (SSSR count). The van der Waals surface area contributed by atoms with Gasteiger partial charge in [-0.15, -0.1) is 0 Å². The number of carbonyl (C=O) groups is 2. The Morgan fingerprint density at radius 2 is 1.81 bits per heavy atom. The number of ether oxygens (including phenoxy) is 1. The van der Waals surface area contributed by atoms with Crippen LogP contribution < -0.4 is 14.4 Å². The summed E-state index contributed by atoms with van der Waals surface area (Å²) < 4.78 is 45.3. The molecule has 0 radical (unpaired) electrons. The van der Waals surface area contributed by atoms with Crippen LogP contribution in [0.2, 0.25) is 0 Å². The topological polar surface area (TPSA) is 96.0 Å². The maximum absolute atomic E-state index is 14.3. The van der Waals surface area contributed by atoms with Crippen LogP contribution in [0.4, 0.5) is 10.1 Å². The molecule has 204 valence electrons. The van der Waals surface area contributed by atoms with Gasteiger partial charge in [0.15, 0.2) is 0 Å². The molecule has 0 spiro atoms. The number of nitrogens with zero attached hydrogens (tertiary/aromatic N) is 2. The molecule has 8 nitrogen and oxygen atoms in total. The third-order valence-corrected chi connectivity index (χ3v) is 7.16. The fourth-order valence-corrected chi connectivity index (χ4v) is 5.00. The number of hydrogen-bond acceptors (Lipinski definition) is 5.